The monoisotopic (exact) mass is 361 g/mol. The Kier molecular flexibility index (Phi) is 5.01. The fourth-order valence-corrected chi connectivity index (χ4v) is 4.27. The summed E-state index contributed by atoms with van der Waals surface area (Å²) >= 11 is 11.3. The van der Waals surface area contributed by atoms with Gasteiger partial charge in [-0.05, 0) is 54.5 Å². The molecule has 2 aromatic rings. The number of hydrogen-bond donors (Lipinski definition) is 1. The molecule has 0 spiro atoms. The number of nitrogens with one attached hydrogen (secondary N) is 1. The molecule has 0 bridgehead atoms. The van der Waals surface area contributed by atoms with Crippen LogP contribution in [0.15, 0.2) is 28.7 Å². The molecule has 0 aliphatic rings. The summed E-state index contributed by atoms with van der Waals surface area (Å²) in [5.41, 5.74) is 0.557. The molecular formula is C14H14BrClFNS. The highest BCUT2D eigenvalue weighted by Crippen LogP contribution is 2.35. The summed E-state index contributed by atoms with van der Waals surface area (Å²) in [6.45, 7) is 2.06. The van der Waals surface area contributed by atoms with Gasteiger partial charge in [0, 0.05) is 30.9 Å². The van der Waals surface area contributed by atoms with Crippen LogP contribution in [0.3, 0.4) is 0 Å². The van der Waals surface area contributed by atoms with E-state index in [0.29, 0.717) is 17.0 Å². The maximum absolute atomic E-state index is 13.8. The van der Waals surface area contributed by atoms with Gasteiger partial charge < -0.3 is 5.32 Å². The number of aryl methyl sites for hydroxylation is 1. The van der Waals surface area contributed by atoms with Crippen molar-refractivity contribution in [2.45, 2.75) is 19.4 Å². The standard InChI is InChI=1S/C14H14BrClFNS/c1-8-6-10(15)14(19-8)13(18-2)7-9-11(16)4-3-5-12(9)17/h3-6,13,18H,7H2,1-2H3. The molecule has 1 atom stereocenters. The van der Waals surface area contributed by atoms with Crippen molar-refractivity contribution in [1.82, 2.24) is 5.32 Å². The van der Waals surface area contributed by atoms with E-state index in [1.807, 2.05) is 7.05 Å². The molecule has 0 fully saturated rings. The fraction of sp³-hybridized carbons (Fsp3) is 0.286. The van der Waals surface area contributed by atoms with Crippen molar-refractivity contribution >= 4 is 38.9 Å². The summed E-state index contributed by atoms with van der Waals surface area (Å²) in [4.78, 5) is 2.39. The van der Waals surface area contributed by atoms with Gasteiger partial charge in [0.15, 0.2) is 0 Å². The van der Waals surface area contributed by atoms with E-state index < -0.39 is 0 Å². The first kappa shape index (κ1) is 15.0. The predicted octanol–water partition coefficient (Wildman–Crippen LogP) is 5.11. The molecule has 0 aliphatic carbocycles. The molecule has 0 radical (unpaired) electrons. The van der Waals surface area contributed by atoms with Crippen LogP contribution in [0.1, 0.15) is 21.4 Å². The van der Waals surface area contributed by atoms with E-state index in [0.717, 1.165) is 4.47 Å². The van der Waals surface area contributed by atoms with E-state index in [1.165, 1.54) is 15.8 Å². The number of halogens is 3. The van der Waals surface area contributed by atoms with E-state index in [1.54, 1.807) is 23.5 Å². The second-order valence-electron chi connectivity index (χ2n) is 4.31. The SMILES string of the molecule is CNC(Cc1c(F)cccc1Cl)c1sc(C)cc1Br. The lowest BCUT2D eigenvalue weighted by Crippen LogP contribution is -2.19. The topological polar surface area (TPSA) is 12.0 Å². The highest BCUT2D eigenvalue weighted by atomic mass is 79.9. The summed E-state index contributed by atoms with van der Waals surface area (Å²) < 4.78 is 14.9. The molecule has 1 N–H and O–H groups in total. The van der Waals surface area contributed by atoms with Crippen molar-refractivity contribution in [1.29, 1.82) is 0 Å². The zero-order chi connectivity index (χ0) is 14.0. The van der Waals surface area contributed by atoms with Crippen LogP contribution in [0.25, 0.3) is 0 Å². The largest absolute Gasteiger partial charge is 0.312 e. The Labute approximate surface area is 129 Å². The van der Waals surface area contributed by atoms with Crippen LogP contribution in [0.4, 0.5) is 4.39 Å². The van der Waals surface area contributed by atoms with Crippen molar-refractivity contribution < 1.29 is 4.39 Å². The second-order valence-corrected chi connectivity index (χ2v) is 6.86. The molecule has 2 rings (SSSR count). The van der Waals surface area contributed by atoms with Crippen molar-refractivity contribution in [2.24, 2.45) is 0 Å². The zero-order valence-corrected chi connectivity index (χ0v) is 13.8. The summed E-state index contributed by atoms with van der Waals surface area (Å²) in [7, 11) is 1.88. The summed E-state index contributed by atoms with van der Waals surface area (Å²) in [6.07, 6.45) is 0.528. The maximum Gasteiger partial charge on any atom is 0.127 e. The lowest BCUT2D eigenvalue weighted by atomic mass is 10.0. The van der Waals surface area contributed by atoms with Gasteiger partial charge >= 0.3 is 0 Å². The van der Waals surface area contributed by atoms with Gasteiger partial charge in [-0.2, -0.15) is 0 Å². The molecule has 5 heteroatoms. The Hall–Kier alpha value is -0.420. The Bertz CT molecular complexity index is 565. The van der Waals surface area contributed by atoms with Gasteiger partial charge in [0.2, 0.25) is 0 Å². The summed E-state index contributed by atoms with van der Waals surface area (Å²) in [5.74, 6) is -0.253. The average molecular weight is 363 g/mol. The average Bonchev–Trinajstić information content (AvgIpc) is 2.68. The third kappa shape index (κ3) is 3.37. The van der Waals surface area contributed by atoms with E-state index in [-0.39, 0.29) is 11.9 Å². The fourth-order valence-electron chi connectivity index (χ4n) is 2.00. The van der Waals surface area contributed by atoms with E-state index in [2.05, 4.69) is 34.2 Å². The van der Waals surface area contributed by atoms with Gasteiger partial charge in [-0.15, -0.1) is 11.3 Å². The highest BCUT2D eigenvalue weighted by molar-refractivity contribution is 9.10. The smallest absolute Gasteiger partial charge is 0.127 e. The van der Waals surface area contributed by atoms with Gasteiger partial charge in [0.05, 0.1) is 0 Å². The number of hydrogen-bond acceptors (Lipinski definition) is 2. The lowest BCUT2D eigenvalue weighted by Gasteiger charge is -2.17. The maximum atomic E-state index is 13.8. The van der Waals surface area contributed by atoms with E-state index >= 15 is 0 Å². The third-order valence-electron chi connectivity index (χ3n) is 2.97. The number of rotatable bonds is 4. The minimum atomic E-state index is -0.253. The van der Waals surface area contributed by atoms with Gasteiger partial charge in [-0.1, -0.05) is 17.7 Å². The molecular weight excluding hydrogens is 349 g/mol. The number of thiophene rings is 1. The van der Waals surface area contributed by atoms with Crippen molar-refractivity contribution in [3.05, 3.63) is 54.9 Å². The van der Waals surface area contributed by atoms with Crippen molar-refractivity contribution in [3.63, 3.8) is 0 Å². The van der Waals surface area contributed by atoms with E-state index in [9.17, 15) is 4.39 Å². The molecule has 0 aliphatic heterocycles. The summed E-state index contributed by atoms with van der Waals surface area (Å²) in [6, 6.07) is 6.92. The van der Waals surface area contributed by atoms with Crippen molar-refractivity contribution in [2.75, 3.05) is 7.05 Å². The van der Waals surface area contributed by atoms with Crippen molar-refractivity contribution in [3.8, 4) is 0 Å². The minimum absolute atomic E-state index is 0.0440. The molecule has 19 heavy (non-hydrogen) atoms. The zero-order valence-electron chi connectivity index (χ0n) is 10.6. The molecule has 1 heterocycles. The first-order valence-corrected chi connectivity index (χ1v) is 7.87. The molecule has 0 saturated carbocycles. The van der Waals surface area contributed by atoms with Crippen LogP contribution in [-0.4, -0.2) is 7.05 Å². The quantitative estimate of drug-likeness (QED) is 0.796. The van der Waals surface area contributed by atoms with Crippen LogP contribution in [0.5, 0.6) is 0 Å². The Morgan fingerprint density at radius 2 is 2.21 bits per heavy atom. The van der Waals surface area contributed by atoms with Crippen LogP contribution in [0, 0.1) is 12.7 Å². The summed E-state index contributed by atoms with van der Waals surface area (Å²) in [5, 5.41) is 3.71. The van der Waals surface area contributed by atoms with Crippen LogP contribution >= 0.6 is 38.9 Å². The molecule has 1 nitrogen and oxygen atoms in total. The number of benzene rings is 1. The van der Waals surface area contributed by atoms with Crippen LogP contribution < -0.4 is 5.32 Å². The lowest BCUT2D eigenvalue weighted by molar-refractivity contribution is 0.559. The molecule has 1 aromatic carbocycles. The van der Waals surface area contributed by atoms with E-state index in [4.69, 9.17) is 11.6 Å². The van der Waals surface area contributed by atoms with Crippen LogP contribution in [0.2, 0.25) is 5.02 Å². The van der Waals surface area contributed by atoms with Gasteiger partial charge in [-0.3, -0.25) is 0 Å². The first-order valence-electron chi connectivity index (χ1n) is 5.89. The second kappa shape index (κ2) is 6.35. The number of likely N-dealkylation sites (N-methyl/N-ethyl adjacent to an activating group) is 1. The third-order valence-corrected chi connectivity index (χ3v) is 5.41. The minimum Gasteiger partial charge on any atom is -0.312 e. The van der Waals surface area contributed by atoms with Crippen LogP contribution in [-0.2, 0) is 6.42 Å². The van der Waals surface area contributed by atoms with Gasteiger partial charge in [-0.25, -0.2) is 4.39 Å². The highest BCUT2D eigenvalue weighted by Gasteiger charge is 2.19. The molecule has 102 valence electrons. The Balaban J connectivity index is 2.32. The first-order chi connectivity index (χ1) is 9.02. The molecule has 1 aromatic heterocycles. The molecule has 1 unspecified atom stereocenters. The Morgan fingerprint density at radius 1 is 1.47 bits per heavy atom. The molecule has 0 saturated heterocycles. The van der Waals surface area contributed by atoms with Gasteiger partial charge in [0.25, 0.3) is 0 Å². The Morgan fingerprint density at radius 3 is 2.74 bits per heavy atom. The van der Waals surface area contributed by atoms with Gasteiger partial charge in [0.1, 0.15) is 5.82 Å². The molecule has 0 amide bonds. The predicted molar refractivity (Wildman–Crippen MR) is 83.7 cm³/mol. The normalized spacial score (nSPS) is 12.7.